The van der Waals surface area contributed by atoms with Gasteiger partial charge in [0.2, 0.25) is 0 Å². The summed E-state index contributed by atoms with van der Waals surface area (Å²) in [6, 6.07) is 46.1. The SMILES string of the molecule is C[Si](C)(C)OP12(O[Si](C)(C)C)n3c4ccc3C(c3ccccc3)=c3ccc(n31)=C(c1ccccc1)C1=NC(=c3ccc(n32)=C4c2ccccc2)C=C1. The molecule has 258 valence electrons. The zero-order valence-electron chi connectivity index (χ0n) is 30.3. The third kappa shape index (κ3) is 4.18. The van der Waals surface area contributed by atoms with Gasteiger partial charge in [-0.15, -0.1) is 0 Å². The van der Waals surface area contributed by atoms with Crippen molar-refractivity contribution >= 4 is 52.3 Å². The Morgan fingerprint density at radius 2 is 0.846 bits per heavy atom. The van der Waals surface area contributed by atoms with Crippen LogP contribution in [0.5, 0.6) is 0 Å². The molecule has 3 aromatic heterocycles. The quantitative estimate of drug-likeness (QED) is 0.128. The van der Waals surface area contributed by atoms with Crippen LogP contribution in [0.25, 0.3) is 22.4 Å². The van der Waals surface area contributed by atoms with Crippen molar-refractivity contribution in [1.29, 1.82) is 0 Å². The molecule has 7 heterocycles. The topological polar surface area (TPSA) is 45.6 Å². The molecule has 0 aliphatic carbocycles. The molecule has 4 aliphatic rings. The molecule has 0 N–H and O–H groups in total. The molecule has 0 unspecified atom stereocenters. The van der Waals surface area contributed by atoms with E-state index in [0.29, 0.717) is 0 Å². The number of rotatable bonds is 7. The molecule has 10 rings (SSSR count). The Morgan fingerprint density at radius 1 is 0.442 bits per heavy atom. The van der Waals surface area contributed by atoms with Crippen LogP contribution in [0.1, 0.15) is 28.1 Å². The first-order valence-electron chi connectivity index (χ1n) is 18.0. The number of allylic oxidation sites excluding steroid dienone is 1. The molecule has 0 saturated heterocycles. The summed E-state index contributed by atoms with van der Waals surface area (Å²) >= 11 is 0. The maximum absolute atomic E-state index is 8.28. The van der Waals surface area contributed by atoms with Crippen LogP contribution in [0.4, 0.5) is 0 Å². The van der Waals surface area contributed by atoms with Gasteiger partial charge in [-0.1, -0.05) is 0 Å². The molecule has 3 aromatic carbocycles. The first-order chi connectivity index (χ1) is 25.0. The van der Waals surface area contributed by atoms with Gasteiger partial charge >= 0.3 is 307 Å². The van der Waals surface area contributed by atoms with Crippen molar-refractivity contribution in [2.24, 2.45) is 4.99 Å². The van der Waals surface area contributed by atoms with Gasteiger partial charge in [0.05, 0.1) is 0 Å². The second kappa shape index (κ2) is 10.6. The summed E-state index contributed by atoms with van der Waals surface area (Å²) in [6.07, 6.45) is 4.36. The number of hydrogen-bond acceptors (Lipinski definition) is 3. The zero-order chi connectivity index (χ0) is 35.6. The Morgan fingerprint density at radius 3 is 1.31 bits per heavy atom. The van der Waals surface area contributed by atoms with E-state index in [1.54, 1.807) is 0 Å². The number of aliphatic imine (C=N–C) groups is 1. The fourth-order valence-electron chi connectivity index (χ4n) is 8.76. The Kier molecular flexibility index (Phi) is 6.51. The van der Waals surface area contributed by atoms with Crippen molar-refractivity contribution in [2.75, 3.05) is 0 Å². The molecule has 0 fully saturated rings. The normalized spacial score (nSPS) is 18.3. The first kappa shape index (κ1) is 31.9. The summed E-state index contributed by atoms with van der Waals surface area (Å²) in [5.41, 5.74) is 10.8. The van der Waals surface area contributed by atoms with Gasteiger partial charge in [-0.3, -0.25) is 0 Å². The van der Waals surface area contributed by atoms with Crippen LogP contribution in [0.15, 0.2) is 145 Å². The Labute approximate surface area is 305 Å². The van der Waals surface area contributed by atoms with E-state index in [2.05, 4.69) is 192 Å². The van der Waals surface area contributed by atoms with E-state index in [0.717, 1.165) is 77.6 Å². The van der Waals surface area contributed by atoms with E-state index in [4.69, 9.17) is 13.4 Å². The Bertz CT molecular complexity index is 2800. The van der Waals surface area contributed by atoms with Crippen LogP contribution in [0.3, 0.4) is 0 Å². The predicted molar refractivity (Wildman–Crippen MR) is 219 cm³/mol. The van der Waals surface area contributed by atoms with Gasteiger partial charge in [0.15, 0.2) is 0 Å². The number of hydrogen-bond donors (Lipinski definition) is 0. The fourth-order valence-corrected chi connectivity index (χ4v) is 22.6. The van der Waals surface area contributed by atoms with Gasteiger partial charge in [-0.25, -0.2) is 0 Å². The zero-order valence-corrected chi connectivity index (χ0v) is 33.2. The maximum atomic E-state index is 8.28. The van der Waals surface area contributed by atoms with Gasteiger partial charge in [0, 0.05) is 0 Å². The van der Waals surface area contributed by atoms with Crippen LogP contribution < -0.4 is 21.4 Å². The van der Waals surface area contributed by atoms with Crippen molar-refractivity contribution in [2.45, 2.75) is 39.3 Å². The average Bonchev–Trinajstić information content (AvgIpc) is 3.93. The van der Waals surface area contributed by atoms with Crippen LogP contribution in [0, 0.1) is 0 Å². The second-order valence-electron chi connectivity index (χ2n) is 15.9. The summed E-state index contributed by atoms with van der Waals surface area (Å²) in [5.74, 6) is 0. The molecule has 6 nitrogen and oxygen atoms in total. The molecule has 6 aromatic rings. The van der Waals surface area contributed by atoms with Crippen LogP contribution in [-0.2, 0) is 8.43 Å². The van der Waals surface area contributed by atoms with E-state index in [-0.39, 0.29) is 0 Å². The minimum atomic E-state index is -4.57. The van der Waals surface area contributed by atoms with Crippen LogP contribution in [-0.4, -0.2) is 35.4 Å². The number of nitrogens with zero attached hydrogens (tertiary/aromatic N) is 4. The third-order valence-corrected chi connectivity index (χ3v) is 20.4. The Hall–Kier alpha value is -4.83. The predicted octanol–water partition coefficient (Wildman–Crippen LogP) is 7.32. The minimum absolute atomic E-state index is 0.909. The molecule has 4 aliphatic heterocycles. The summed E-state index contributed by atoms with van der Waals surface area (Å²) in [4.78, 5) is 5.47. The average molecular weight is 733 g/mol. The summed E-state index contributed by atoms with van der Waals surface area (Å²) in [7, 11) is -9.57. The van der Waals surface area contributed by atoms with Crippen molar-refractivity contribution in [3.05, 3.63) is 189 Å². The standard InChI is InChI=1S/C43H41N4O2PSi2/c1-51(2,3)48-50(49-52(4,5)6)45-35-24-25-37(45)42(31-18-12-8-13-19-31)39-28-29-40(47(39)50)43(32-20-14-9-15-21-32)38-27-26-36(46(38)50)41(30-16-10-7-11-17-30)34-23-22-33(35)44-34/h7-29H,1-6H3. The molecular formula is C43H41N4O2PSi2. The van der Waals surface area contributed by atoms with E-state index in [9.17, 15) is 0 Å². The van der Waals surface area contributed by atoms with Crippen molar-refractivity contribution in [3.8, 4) is 0 Å². The molecular weight excluding hydrogens is 692 g/mol. The van der Waals surface area contributed by atoms with Gasteiger partial charge in [-0.05, 0) is 0 Å². The molecule has 0 amide bonds. The second-order valence-corrected chi connectivity index (χ2v) is 28.7. The molecule has 0 radical (unpaired) electrons. The molecule has 52 heavy (non-hydrogen) atoms. The summed E-state index contributed by atoms with van der Waals surface area (Å²) < 4.78 is 24.2. The van der Waals surface area contributed by atoms with Crippen molar-refractivity contribution < 1.29 is 8.43 Å². The molecule has 0 atom stereocenters. The molecule has 0 spiro atoms. The van der Waals surface area contributed by atoms with E-state index < -0.39 is 24.1 Å². The molecule has 9 heteroatoms. The fraction of sp³-hybridized carbons (Fsp3) is 0.140. The number of fused-ring (bicyclic) bond motifs is 1. The van der Waals surface area contributed by atoms with Gasteiger partial charge in [0.1, 0.15) is 0 Å². The van der Waals surface area contributed by atoms with Crippen molar-refractivity contribution in [3.63, 3.8) is 0 Å². The summed E-state index contributed by atoms with van der Waals surface area (Å²) in [6.45, 7) is 13.9. The summed E-state index contributed by atoms with van der Waals surface area (Å²) in [5, 5.41) is 4.20. The molecule has 2 bridgehead atoms. The van der Waals surface area contributed by atoms with Crippen molar-refractivity contribution in [1.82, 2.24) is 13.0 Å². The van der Waals surface area contributed by atoms with E-state index >= 15 is 0 Å². The third-order valence-electron chi connectivity index (χ3n) is 10.1. The van der Waals surface area contributed by atoms with Gasteiger partial charge in [-0.2, -0.15) is 0 Å². The van der Waals surface area contributed by atoms with Gasteiger partial charge < -0.3 is 0 Å². The van der Waals surface area contributed by atoms with Crippen LogP contribution in [0.2, 0.25) is 39.3 Å². The number of benzene rings is 3. The first-order valence-corrected chi connectivity index (χ1v) is 26.8. The molecule has 0 saturated carbocycles. The van der Waals surface area contributed by atoms with Gasteiger partial charge in [0.25, 0.3) is 0 Å². The van der Waals surface area contributed by atoms with E-state index in [1.807, 2.05) is 0 Å². The Balaban J connectivity index is 1.60. The van der Waals surface area contributed by atoms with E-state index in [1.165, 1.54) is 0 Å². The number of aromatic nitrogens is 3. The van der Waals surface area contributed by atoms with Crippen LogP contribution >= 0.6 is 7.51 Å². The monoisotopic (exact) mass is 732 g/mol.